The first-order chi connectivity index (χ1) is 14.1. The lowest BCUT2D eigenvalue weighted by atomic mass is 9.87. The molecule has 0 fully saturated rings. The fourth-order valence-corrected chi connectivity index (χ4v) is 3.96. The van der Waals surface area contributed by atoms with Crippen molar-refractivity contribution in [2.24, 2.45) is 0 Å². The van der Waals surface area contributed by atoms with Crippen molar-refractivity contribution in [2.75, 3.05) is 0 Å². The summed E-state index contributed by atoms with van der Waals surface area (Å²) in [5, 5.41) is 18.8. The smallest absolute Gasteiger partial charge is 0.328 e. The number of aromatic hydroxyl groups is 1. The van der Waals surface area contributed by atoms with Crippen LogP contribution in [0.2, 0.25) is 0 Å². The van der Waals surface area contributed by atoms with E-state index in [1.807, 2.05) is 42.5 Å². The van der Waals surface area contributed by atoms with Crippen molar-refractivity contribution < 1.29 is 15.0 Å². The quantitative estimate of drug-likeness (QED) is 0.562. The zero-order chi connectivity index (χ0) is 20.2. The Kier molecular flexibility index (Phi) is 5.30. The van der Waals surface area contributed by atoms with Crippen LogP contribution in [0.15, 0.2) is 78.9 Å². The van der Waals surface area contributed by atoms with Crippen LogP contribution in [-0.2, 0) is 11.2 Å². The first-order valence-electron chi connectivity index (χ1n) is 9.74. The van der Waals surface area contributed by atoms with E-state index < -0.39 is 5.97 Å². The molecule has 0 aliphatic heterocycles. The number of phenolic OH excluding ortho intramolecular Hbond substituents is 1. The molecular formula is C26H22O3. The maximum Gasteiger partial charge on any atom is 0.328 e. The highest BCUT2D eigenvalue weighted by Gasteiger charge is 2.20. The van der Waals surface area contributed by atoms with Gasteiger partial charge in [0.25, 0.3) is 0 Å². The Morgan fingerprint density at radius 1 is 0.862 bits per heavy atom. The van der Waals surface area contributed by atoms with Gasteiger partial charge in [-0.25, -0.2) is 4.79 Å². The molecule has 0 spiro atoms. The second-order valence-electron chi connectivity index (χ2n) is 7.21. The number of phenols is 1. The van der Waals surface area contributed by atoms with E-state index >= 15 is 0 Å². The van der Waals surface area contributed by atoms with Crippen molar-refractivity contribution in [3.63, 3.8) is 0 Å². The number of fused-ring (bicyclic) bond motifs is 1. The molecule has 0 radical (unpaired) electrons. The van der Waals surface area contributed by atoms with Gasteiger partial charge >= 0.3 is 5.97 Å². The minimum Gasteiger partial charge on any atom is -0.508 e. The molecule has 3 aromatic rings. The highest BCUT2D eigenvalue weighted by Crippen LogP contribution is 2.40. The van der Waals surface area contributed by atoms with Crippen LogP contribution in [0.25, 0.3) is 17.2 Å². The number of carboxylic acid groups (broad SMARTS) is 1. The van der Waals surface area contributed by atoms with Crippen molar-refractivity contribution in [2.45, 2.75) is 19.3 Å². The van der Waals surface area contributed by atoms with Crippen molar-refractivity contribution in [3.05, 3.63) is 107 Å². The van der Waals surface area contributed by atoms with Gasteiger partial charge in [0.15, 0.2) is 0 Å². The van der Waals surface area contributed by atoms with E-state index in [2.05, 4.69) is 24.3 Å². The predicted octanol–water partition coefficient (Wildman–Crippen LogP) is 5.79. The Labute approximate surface area is 170 Å². The number of benzene rings is 3. The van der Waals surface area contributed by atoms with Crippen molar-refractivity contribution in [1.82, 2.24) is 0 Å². The van der Waals surface area contributed by atoms with Crippen molar-refractivity contribution >= 4 is 23.2 Å². The summed E-state index contributed by atoms with van der Waals surface area (Å²) in [7, 11) is 0. The van der Waals surface area contributed by atoms with Crippen molar-refractivity contribution in [3.8, 4) is 5.75 Å². The summed E-state index contributed by atoms with van der Waals surface area (Å²) in [6, 6.07) is 24.0. The SMILES string of the molecule is O=C(O)/C=C/c1ccc(C2=C(c3ccccc3)CCCc3cc(O)ccc32)cc1. The third-order valence-corrected chi connectivity index (χ3v) is 5.27. The molecule has 0 saturated heterocycles. The maximum absolute atomic E-state index is 10.8. The monoisotopic (exact) mass is 382 g/mol. The molecule has 3 nitrogen and oxygen atoms in total. The summed E-state index contributed by atoms with van der Waals surface area (Å²) >= 11 is 0. The fraction of sp³-hybridized carbons (Fsp3) is 0.115. The van der Waals surface area contributed by atoms with Crippen LogP contribution >= 0.6 is 0 Å². The maximum atomic E-state index is 10.8. The van der Waals surface area contributed by atoms with E-state index in [1.165, 1.54) is 16.7 Å². The Balaban J connectivity index is 1.89. The molecule has 0 heterocycles. The van der Waals surface area contributed by atoms with Crippen LogP contribution in [0.1, 0.15) is 40.7 Å². The largest absolute Gasteiger partial charge is 0.508 e. The van der Waals surface area contributed by atoms with Crippen LogP contribution in [0.4, 0.5) is 0 Å². The standard InChI is InChI=1S/C26H22O3/c27-22-14-15-24-21(17-22)7-4-8-23(19-5-2-1-3-6-19)26(24)20-12-9-18(10-13-20)11-16-25(28)29/h1-3,5-6,9-17,27H,4,7-8H2,(H,28,29)/b16-11+. The molecule has 0 bridgehead atoms. The molecule has 2 N–H and O–H groups in total. The van der Waals surface area contributed by atoms with Crippen LogP contribution < -0.4 is 0 Å². The third-order valence-electron chi connectivity index (χ3n) is 5.27. The number of aliphatic carboxylic acids is 1. The number of aryl methyl sites for hydroxylation is 1. The van der Waals surface area contributed by atoms with Crippen LogP contribution in [-0.4, -0.2) is 16.2 Å². The van der Waals surface area contributed by atoms with E-state index in [0.717, 1.165) is 47.6 Å². The Hall–Kier alpha value is -3.59. The molecule has 0 saturated carbocycles. The molecule has 3 aromatic carbocycles. The fourth-order valence-electron chi connectivity index (χ4n) is 3.96. The molecule has 0 atom stereocenters. The van der Waals surface area contributed by atoms with E-state index in [0.29, 0.717) is 5.75 Å². The van der Waals surface area contributed by atoms with Gasteiger partial charge in [-0.2, -0.15) is 0 Å². The third kappa shape index (κ3) is 4.14. The minimum atomic E-state index is -0.958. The van der Waals surface area contributed by atoms with E-state index in [4.69, 9.17) is 5.11 Å². The Morgan fingerprint density at radius 2 is 1.62 bits per heavy atom. The van der Waals surface area contributed by atoms with Gasteiger partial charge in [0.1, 0.15) is 5.75 Å². The average molecular weight is 382 g/mol. The molecule has 0 aromatic heterocycles. The number of allylic oxidation sites excluding steroid dienone is 1. The van der Waals surface area contributed by atoms with Gasteiger partial charge in [-0.05, 0) is 76.4 Å². The Morgan fingerprint density at radius 3 is 2.34 bits per heavy atom. The Bertz CT molecular complexity index is 1090. The van der Waals surface area contributed by atoms with Crippen molar-refractivity contribution in [1.29, 1.82) is 0 Å². The molecule has 0 unspecified atom stereocenters. The number of carboxylic acids is 1. The number of carbonyl (C=O) groups is 1. The summed E-state index contributed by atoms with van der Waals surface area (Å²) < 4.78 is 0. The molecule has 1 aliphatic carbocycles. The van der Waals surface area contributed by atoms with Gasteiger partial charge < -0.3 is 10.2 Å². The average Bonchev–Trinajstić information content (AvgIpc) is 2.92. The molecule has 144 valence electrons. The zero-order valence-corrected chi connectivity index (χ0v) is 16.0. The highest BCUT2D eigenvalue weighted by atomic mass is 16.4. The first kappa shape index (κ1) is 18.8. The minimum absolute atomic E-state index is 0.292. The molecular weight excluding hydrogens is 360 g/mol. The van der Waals surface area contributed by atoms with Gasteiger partial charge in [-0.15, -0.1) is 0 Å². The predicted molar refractivity (Wildman–Crippen MR) is 117 cm³/mol. The molecule has 1 aliphatic rings. The van der Waals surface area contributed by atoms with E-state index in [9.17, 15) is 9.90 Å². The lowest BCUT2D eigenvalue weighted by Gasteiger charge is -2.17. The first-order valence-corrected chi connectivity index (χ1v) is 9.74. The van der Waals surface area contributed by atoms with Crippen LogP contribution in [0.5, 0.6) is 5.75 Å². The zero-order valence-electron chi connectivity index (χ0n) is 16.0. The van der Waals surface area contributed by atoms with Crippen LogP contribution in [0, 0.1) is 0 Å². The van der Waals surface area contributed by atoms with Gasteiger partial charge in [0, 0.05) is 6.08 Å². The van der Waals surface area contributed by atoms with Gasteiger partial charge in [-0.3, -0.25) is 0 Å². The van der Waals surface area contributed by atoms with E-state index in [-0.39, 0.29) is 0 Å². The molecule has 4 rings (SSSR count). The normalized spacial score (nSPS) is 13.9. The van der Waals surface area contributed by atoms with E-state index in [1.54, 1.807) is 12.1 Å². The number of rotatable bonds is 4. The topological polar surface area (TPSA) is 57.5 Å². The number of hydrogen-bond donors (Lipinski definition) is 2. The highest BCUT2D eigenvalue weighted by molar-refractivity contribution is 6.00. The second-order valence-corrected chi connectivity index (χ2v) is 7.21. The summed E-state index contributed by atoms with van der Waals surface area (Å²) in [5.74, 6) is -0.666. The molecule has 3 heteroatoms. The van der Waals surface area contributed by atoms with Crippen LogP contribution in [0.3, 0.4) is 0 Å². The lowest BCUT2D eigenvalue weighted by Crippen LogP contribution is -1.96. The second kappa shape index (κ2) is 8.19. The van der Waals surface area contributed by atoms with Gasteiger partial charge in [-0.1, -0.05) is 60.7 Å². The lowest BCUT2D eigenvalue weighted by molar-refractivity contribution is -0.131. The number of hydrogen-bond acceptors (Lipinski definition) is 2. The summed E-state index contributed by atoms with van der Waals surface area (Å²) in [4.78, 5) is 10.8. The summed E-state index contributed by atoms with van der Waals surface area (Å²) in [6.07, 6.45) is 5.63. The summed E-state index contributed by atoms with van der Waals surface area (Å²) in [6.45, 7) is 0. The van der Waals surface area contributed by atoms with Gasteiger partial charge in [0.2, 0.25) is 0 Å². The molecule has 29 heavy (non-hydrogen) atoms. The summed E-state index contributed by atoms with van der Waals surface area (Å²) in [5.41, 5.74) is 7.91. The van der Waals surface area contributed by atoms with Gasteiger partial charge in [0.05, 0.1) is 0 Å². The molecule has 0 amide bonds.